The summed E-state index contributed by atoms with van der Waals surface area (Å²) < 4.78 is 0. The molecule has 0 bridgehead atoms. The van der Waals surface area contributed by atoms with Gasteiger partial charge in [-0.05, 0) is 37.8 Å². The number of hydrogen-bond donors (Lipinski definition) is 2. The van der Waals surface area contributed by atoms with E-state index >= 15 is 0 Å². The van der Waals surface area contributed by atoms with Gasteiger partial charge in [-0.2, -0.15) is 0 Å². The van der Waals surface area contributed by atoms with Gasteiger partial charge in [0.2, 0.25) is 0 Å². The predicted molar refractivity (Wildman–Crippen MR) is 83.6 cm³/mol. The second-order valence-corrected chi connectivity index (χ2v) is 5.91. The van der Waals surface area contributed by atoms with Gasteiger partial charge in [0.25, 0.3) is 5.91 Å². The number of nitrogens with zero attached hydrogens (tertiary/aromatic N) is 1. The number of aromatic nitrogens is 1. The largest absolute Gasteiger partial charge is 0.392 e. The van der Waals surface area contributed by atoms with Gasteiger partial charge >= 0.3 is 0 Å². The van der Waals surface area contributed by atoms with Crippen LogP contribution in [0.3, 0.4) is 0 Å². The van der Waals surface area contributed by atoms with Gasteiger partial charge in [-0.3, -0.25) is 9.78 Å². The third-order valence-electron chi connectivity index (χ3n) is 3.89. The van der Waals surface area contributed by atoms with Crippen molar-refractivity contribution in [3.05, 3.63) is 29.6 Å². The van der Waals surface area contributed by atoms with Gasteiger partial charge in [0.1, 0.15) is 0 Å². The molecule has 1 aromatic heterocycles. The Morgan fingerprint density at radius 3 is 2.65 bits per heavy atom. The third-order valence-corrected chi connectivity index (χ3v) is 4.14. The molecule has 2 rings (SSSR count). The fraction of sp³-hybridized carbons (Fsp3) is 0.533. The summed E-state index contributed by atoms with van der Waals surface area (Å²) >= 11 is 5.13. The average molecular weight is 291 g/mol. The van der Waals surface area contributed by atoms with Crippen LogP contribution in [0, 0.1) is 12.8 Å². The molecule has 1 amide bonds. The highest BCUT2D eigenvalue weighted by molar-refractivity contribution is 7.80. The van der Waals surface area contributed by atoms with Crippen LogP contribution in [0.5, 0.6) is 0 Å². The quantitative estimate of drug-likeness (QED) is 0.836. The van der Waals surface area contributed by atoms with Crippen molar-refractivity contribution in [3.8, 4) is 0 Å². The second-order valence-electron chi connectivity index (χ2n) is 5.44. The van der Waals surface area contributed by atoms with E-state index in [1.165, 1.54) is 19.3 Å². The smallest absolute Gasteiger partial charge is 0.253 e. The summed E-state index contributed by atoms with van der Waals surface area (Å²) in [4.78, 5) is 16.8. The molecular formula is C15H21N3OS. The molecule has 0 radical (unpaired) electrons. The minimum absolute atomic E-state index is 0.152. The highest BCUT2D eigenvalue weighted by atomic mass is 32.1. The Morgan fingerprint density at radius 1 is 1.40 bits per heavy atom. The zero-order valence-corrected chi connectivity index (χ0v) is 12.6. The number of rotatable bonds is 4. The van der Waals surface area contributed by atoms with Crippen LogP contribution in [0.25, 0.3) is 0 Å². The lowest BCUT2D eigenvalue weighted by Crippen LogP contribution is -2.48. The van der Waals surface area contributed by atoms with E-state index < -0.39 is 0 Å². The first-order valence-corrected chi connectivity index (χ1v) is 7.51. The molecule has 1 fully saturated rings. The van der Waals surface area contributed by atoms with Crippen molar-refractivity contribution in [2.45, 2.75) is 45.1 Å². The van der Waals surface area contributed by atoms with Crippen molar-refractivity contribution < 1.29 is 4.79 Å². The molecule has 1 aliphatic carbocycles. The SMILES string of the molecule is Cc1ccc(C(=O)NC(C(N)=S)C2CCCCC2)cn1. The first kappa shape index (κ1) is 14.9. The van der Waals surface area contributed by atoms with Crippen LogP contribution in [0.15, 0.2) is 18.3 Å². The van der Waals surface area contributed by atoms with E-state index in [2.05, 4.69) is 10.3 Å². The number of hydrogen-bond acceptors (Lipinski definition) is 3. The molecule has 108 valence electrons. The van der Waals surface area contributed by atoms with Crippen LogP contribution in [0.2, 0.25) is 0 Å². The molecule has 0 aromatic carbocycles. The summed E-state index contributed by atoms with van der Waals surface area (Å²) in [5, 5.41) is 2.98. The number of carbonyl (C=O) groups excluding carboxylic acids is 1. The van der Waals surface area contributed by atoms with Gasteiger partial charge in [-0.25, -0.2) is 0 Å². The van der Waals surface area contributed by atoms with Gasteiger partial charge in [0, 0.05) is 11.9 Å². The third kappa shape index (κ3) is 3.76. The highest BCUT2D eigenvalue weighted by Crippen LogP contribution is 2.26. The van der Waals surface area contributed by atoms with Crippen molar-refractivity contribution in [3.63, 3.8) is 0 Å². The Morgan fingerprint density at radius 2 is 2.10 bits per heavy atom. The number of pyridine rings is 1. The molecule has 0 spiro atoms. The first-order valence-electron chi connectivity index (χ1n) is 7.11. The fourth-order valence-electron chi connectivity index (χ4n) is 2.72. The molecule has 5 heteroatoms. The lowest BCUT2D eigenvalue weighted by Gasteiger charge is -2.30. The molecule has 3 N–H and O–H groups in total. The van der Waals surface area contributed by atoms with Crippen molar-refractivity contribution in [1.82, 2.24) is 10.3 Å². The average Bonchev–Trinajstić information content (AvgIpc) is 2.46. The molecule has 0 saturated heterocycles. The van der Waals surface area contributed by atoms with Gasteiger partial charge in [-0.1, -0.05) is 31.5 Å². The minimum Gasteiger partial charge on any atom is -0.392 e. The number of amides is 1. The van der Waals surface area contributed by atoms with Crippen LogP contribution >= 0.6 is 12.2 Å². The Balaban J connectivity index is 2.05. The summed E-state index contributed by atoms with van der Waals surface area (Å²) in [7, 11) is 0. The van der Waals surface area contributed by atoms with Crippen LogP contribution in [-0.2, 0) is 0 Å². The Bertz CT molecular complexity index is 480. The maximum absolute atomic E-state index is 12.2. The van der Waals surface area contributed by atoms with Gasteiger partial charge in [0.05, 0.1) is 16.6 Å². The molecule has 20 heavy (non-hydrogen) atoms. The van der Waals surface area contributed by atoms with E-state index in [1.807, 2.05) is 13.0 Å². The maximum Gasteiger partial charge on any atom is 0.253 e. The summed E-state index contributed by atoms with van der Waals surface area (Å²) in [6.45, 7) is 1.89. The monoisotopic (exact) mass is 291 g/mol. The summed E-state index contributed by atoms with van der Waals surface area (Å²) in [5.41, 5.74) is 7.26. The van der Waals surface area contributed by atoms with Crippen molar-refractivity contribution in [2.75, 3.05) is 0 Å². The number of nitrogens with one attached hydrogen (secondary N) is 1. The first-order chi connectivity index (χ1) is 9.58. The molecule has 1 aliphatic rings. The number of thiocarbonyl (C=S) groups is 1. The second kappa shape index (κ2) is 6.79. The van der Waals surface area contributed by atoms with Crippen LogP contribution < -0.4 is 11.1 Å². The molecule has 1 saturated carbocycles. The van der Waals surface area contributed by atoms with E-state index in [9.17, 15) is 4.79 Å². The predicted octanol–water partition coefficient (Wildman–Crippen LogP) is 2.35. The van der Waals surface area contributed by atoms with Crippen molar-refractivity contribution in [1.29, 1.82) is 0 Å². The normalized spacial score (nSPS) is 17.4. The van der Waals surface area contributed by atoms with E-state index in [0.29, 0.717) is 16.5 Å². The van der Waals surface area contributed by atoms with Crippen molar-refractivity contribution >= 4 is 23.1 Å². The summed E-state index contributed by atoms with van der Waals surface area (Å²) in [6, 6.07) is 3.39. The number of nitrogens with two attached hydrogens (primary N) is 1. The Labute approximate surface area is 125 Å². The van der Waals surface area contributed by atoms with Gasteiger partial charge in [-0.15, -0.1) is 0 Å². The van der Waals surface area contributed by atoms with Crippen LogP contribution in [0.4, 0.5) is 0 Å². The Kier molecular flexibility index (Phi) is 5.06. The number of aryl methyl sites for hydroxylation is 1. The molecule has 1 atom stereocenters. The molecule has 1 aromatic rings. The van der Waals surface area contributed by atoms with Crippen molar-refractivity contribution in [2.24, 2.45) is 11.7 Å². The zero-order valence-electron chi connectivity index (χ0n) is 11.8. The van der Waals surface area contributed by atoms with Gasteiger partial charge in [0.15, 0.2) is 0 Å². The summed E-state index contributed by atoms with van der Waals surface area (Å²) in [6.07, 6.45) is 7.37. The maximum atomic E-state index is 12.2. The molecular weight excluding hydrogens is 270 g/mol. The Hall–Kier alpha value is -1.49. The minimum atomic E-state index is -0.209. The zero-order chi connectivity index (χ0) is 14.5. The van der Waals surface area contributed by atoms with E-state index in [0.717, 1.165) is 18.5 Å². The van der Waals surface area contributed by atoms with Gasteiger partial charge < -0.3 is 11.1 Å². The topological polar surface area (TPSA) is 68.0 Å². The van der Waals surface area contributed by atoms with E-state index in [1.54, 1.807) is 12.3 Å². The van der Waals surface area contributed by atoms with E-state index in [-0.39, 0.29) is 11.9 Å². The molecule has 0 aliphatic heterocycles. The van der Waals surface area contributed by atoms with Crippen LogP contribution in [0.1, 0.15) is 48.2 Å². The number of carbonyl (C=O) groups is 1. The molecule has 1 unspecified atom stereocenters. The fourth-order valence-corrected chi connectivity index (χ4v) is 2.97. The molecule has 4 nitrogen and oxygen atoms in total. The lowest BCUT2D eigenvalue weighted by molar-refractivity contribution is 0.0931. The van der Waals surface area contributed by atoms with E-state index in [4.69, 9.17) is 18.0 Å². The standard InChI is InChI=1S/C15H21N3OS/c1-10-7-8-12(9-17-10)15(19)18-13(14(16)20)11-5-3-2-4-6-11/h7-9,11,13H,2-6H2,1H3,(H2,16,20)(H,18,19). The molecule has 1 heterocycles. The lowest BCUT2D eigenvalue weighted by atomic mass is 9.83. The summed E-state index contributed by atoms with van der Waals surface area (Å²) in [5.74, 6) is 0.212. The highest BCUT2D eigenvalue weighted by Gasteiger charge is 2.27. The van der Waals surface area contributed by atoms with Crippen LogP contribution in [-0.4, -0.2) is 21.9 Å².